The minimum atomic E-state index is -0.758. The summed E-state index contributed by atoms with van der Waals surface area (Å²) in [7, 11) is 0. The first-order valence-electron chi connectivity index (χ1n) is 4.95. The Hall–Kier alpha value is -1.76. The van der Waals surface area contributed by atoms with Crippen LogP contribution in [0.3, 0.4) is 0 Å². The molecule has 0 fully saturated rings. The monoisotopic (exact) mass is 315 g/mol. The maximum Gasteiger partial charge on any atom is 0.267 e. The van der Waals surface area contributed by atoms with Crippen molar-refractivity contribution >= 4 is 21.7 Å². The Balaban J connectivity index is 2.49. The number of nitrogens with zero attached hydrogens (tertiary/aromatic N) is 2. The number of benzene rings is 1. The lowest BCUT2D eigenvalue weighted by atomic mass is 10.2. The summed E-state index contributed by atoms with van der Waals surface area (Å²) in [4.78, 5) is 11.5. The Labute approximate surface area is 109 Å². The first kappa shape index (κ1) is 12.7. The number of rotatable bonds is 2. The van der Waals surface area contributed by atoms with Crippen LogP contribution in [0.2, 0.25) is 0 Å². The summed E-state index contributed by atoms with van der Waals surface area (Å²) < 4.78 is 28.3. The molecule has 2 rings (SSSR count). The number of halogens is 3. The molecule has 7 heteroatoms. The number of anilines is 1. The number of hydrogen-bond donors (Lipinski definition) is 1. The predicted molar refractivity (Wildman–Crippen MR) is 66.1 cm³/mol. The second-order valence-electron chi connectivity index (χ2n) is 3.58. The van der Waals surface area contributed by atoms with Gasteiger partial charge in [-0.3, -0.25) is 4.79 Å². The van der Waals surface area contributed by atoms with Gasteiger partial charge in [-0.15, -0.1) is 0 Å². The van der Waals surface area contributed by atoms with Gasteiger partial charge < -0.3 is 5.73 Å². The minimum Gasteiger partial charge on any atom is -0.382 e. The van der Waals surface area contributed by atoms with Gasteiger partial charge in [0.2, 0.25) is 0 Å². The summed E-state index contributed by atoms with van der Waals surface area (Å²) >= 11 is 2.95. The average Bonchev–Trinajstić information content (AvgIpc) is 2.34. The highest BCUT2D eigenvalue weighted by Crippen LogP contribution is 2.21. The van der Waals surface area contributed by atoms with E-state index in [0.717, 1.165) is 10.7 Å². The van der Waals surface area contributed by atoms with Crippen molar-refractivity contribution < 1.29 is 8.78 Å². The predicted octanol–water partition coefficient (Wildman–Crippen LogP) is 1.91. The fourth-order valence-corrected chi connectivity index (χ4v) is 1.81. The molecule has 2 N–H and O–H groups in total. The van der Waals surface area contributed by atoms with E-state index >= 15 is 0 Å². The van der Waals surface area contributed by atoms with Crippen LogP contribution in [0.15, 0.2) is 33.5 Å². The average molecular weight is 316 g/mol. The van der Waals surface area contributed by atoms with E-state index in [1.807, 2.05) is 0 Å². The van der Waals surface area contributed by atoms with Crippen LogP contribution >= 0.6 is 15.9 Å². The molecule has 0 aliphatic rings. The van der Waals surface area contributed by atoms with E-state index in [9.17, 15) is 13.6 Å². The molecule has 0 amide bonds. The largest absolute Gasteiger partial charge is 0.382 e. The molecule has 0 radical (unpaired) electrons. The van der Waals surface area contributed by atoms with Crippen molar-refractivity contribution in [3.8, 4) is 0 Å². The highest BCUT2D eigenvalue weighted by atomic mass is 79.9. The molecule has 4 nitrogen and oxygen atoms in total. The van der Waals surface area contributed by atoms with Crippen LogP contribution < -0.4 is 11.3 Å². The van der Waals surface area contributed by atoms with Crippen molar-refractivity contribution in [1.29, 1.82) is 0 Å². The van der Waals surface area contributed by atoms with Crippen molar-refractivity contribution in [1.82, 2.24) is 9.78 Å². The lowest BCUT2D eigenvalue weighted by Crippen LogP contribution is -2.24. The Morgan fingerprint density at radius 3 is 2.72 bits per heavy atom. The van der Waals surface area contributed by atoms with Crippen molar-refractivity contribution in [3.05, 3.63) is 56.3 Å². The Morgan fingerprint density at radius 2 is 2.00 bits per heavy atom. The smallest absolute Gasteiger partial charge is 0.267 e. The molecule has 0 bridgehead atoms. The van der Waals surface area contributed by atoms with E-state index in [0.29, 0.717) is 0 Å². The Kier molecular flexibility index (Phi) is 3.42. The highest BCUT2D eigenvalue weighted by Gasteiger charge is 2.14. The number of hydrogen-bond acceptors (Lipinski definition) is 3. The van der Waals surface area contributed by atoms with Gasteiger partial charge in [-0.2, -0.15) is 5.10 Å². The van der Waals surface area contributed by atoms with Gasteiger partial charge in [-0.05, 0) is 34.1 Å². The first-order chi connectivity index (χ1) is 8.49. The third-order valence-electron chi connectivity index (χ3n) is 2.33. The van der Waals surface area contributed by atoms with Gasteiger partial charge in [-0.1, -0.05) is 0 Å². The number of nitrogens with two attached hydrogens (primary N) is 1. The zero-order valence-corrected chi connectivity index (χ0v) is 10.6. The number of nitrogen functional groups attached to an aromatic ring is 1. The maximum atomic E-state index is 13.7. The van der Waals surface area contributed by atoms with Crippen LogP contribution in [-0.2, 0) is 6.54 Å². The van der Waals surface area contributed by atoms with Gasteiger partial charge in [0, 0.05) is 11.6 Å². The first-order valence-corrected chi connectivity index (χ1v) is 5.74. The zero-order valence-electron chi connectivity index (χ0n) is 9.03. The zero-order chi connectivity index (χ0) is 13.3. The summed E-state index contributed by atoms with van der Waals surface area (Å²) in [5.41, 5.74) is 4.69. The molecule has 0 aliphatic heterocycles. The molecular formula is C11H8BrF2N3O. The summed E-state index contributed by atoms with van der Waals surface area (Å²) in [6.45, 7) is -0.318. The fourth-order valence-electron chi connectivity index (χ4n) is 1.44. The summed E-state index contributed by atoms with van der Waals surface area (Å²) in [5, 5.41) is 3.71. The third kappa shape index (κ3) is 2.40. The van der Waals surface area contributed by atoms with Crippen LogP contribution in [0.5, 0.6) is 0 Å². The van der Waals surface area contributed by atoms with Crippen molar-refractivity contribution in [2.75, 3.05) is 5.73 Å². The van der Waals surface area contributed by atoms with Gasteiger partial charge in [-0.25, -0.2) is 13.5 Å². The van der Waals surface area contributed by atoms with Crippen LogP contribution in [0.1, 0.15) is 5.56 Å². The quantitative estimate of drug-likeness (QED) is 0.861. The van der Waals surface area contributed by atoms with E-state index in [1.54, 1.807) is 0 Å². The van der Waals surface area contributed by atoms with Crippen LogP contribution in [-0.4, -0.2) is 9.78 Å². The molecule has 2 aromatic rings. The summed E-state index contributed by atoms with van der Waals surface area (Å²) in [5.74, 6) is -1.40. The summed E-state index contributed by atoms with van der Waals surface area (Å²) in [6.07, 6.45) is 0. The van der Waals surface area contributed by atoms with Gasteiger partial charge in [0.05, 0.1) is 11.0 Å². The minimum absolute atomic E-state index is 0.102. The molecule has 0 aliphatic carbocycles. The Bertz CT molecular complexity index is 657. The molecule has 0 saturated carbocycles. The van der Waals surface area contributed by atoms with Gasteiger partial charge in [0.15, 0.2) is 0 Å². The van der Waals surface area contributed by atoms with E-state index in [1.165, 1.54) is 18.2 Å². The SMILES string of the molecule is Nc1ccc(=O)n(Cc2c(F)ccc(Br)c2F)n1. The Morgan fingerprint density at radius 1 is 1.28 bits per heavy atom. The molecule has 0 atom stereocenters. The van der Waals surface area contributed by atoms with Crippen molar-refractivity contribution in [2.24, 2.45) is 0 Å². The lowest BCUT2D eigenvalue weighted by Gasteiger charge is -2.08. The highest BCUT2D eigenvalue weighted by molar-refractivity contribution is 9.10. The molecule has 94 valence electrons. The van der Waals surface area contributed by atoms with Gasteiger partial charge in [0.25, 0.3) is 5.56 Å². The van der Waals surface area contributed by atoms with Crippen LogP contribution in [0, 0.1) is 11.6 Å². The topological polar surface area (TPSA) is 60.9 Å². The molecule has 1 heterocycles. The van der Waals surface area contributed by atoms with E-state index in [-0.39, 0.29) is 22.4 Å². The fraction of sp³-hybridized carbons (Fsp3) is 0.0909. The lowest BCUT2D eigenvalue weighted by molar-refractivity contribution is 0.522. The molecule has 0 spiro atoms. The summed E-state index contributed by atoms with van der Waals surface area (Å²) in [6, 6.07) is 4.88. The van der Waals surface area contributed by atoms with E-state index in [4.69, 9.17) is 5.73 Å². The van der Waals surface area contributed by atoms with E-state index in [2.05, 4.69) is 21.0 Å². The third-order valence-corrected chi connectivity index (χ3v) is 2.95. The second-order valence-corrected chi connectivity index (χ2v) is 4.43. The van der Waals surface area contributed by atoms with Gasteiger partial charge >= 0.3 is 0 Å². The molecule has 1 aromatic heterocycles. The number of aromatic nitrogens is 2. The van der Waals surface area contributed by atoms with Crippen LogP contribution in [0.4, 0.5) is 14.6 Å². The normalized spacial score (nSPS) is 10.6. The van der Waals surface area contributed by atoms with E-state index < -0.39 is 17.2 Å². The van der Waals surface area contributed by atoms with Crippen molar-refractivity contribution in [2.45, 2.75) is 6.54 Å². The maximum absolute atomic E-state index is 13.7. The molecule has 1 aromatic carbocycles. The molecule has 18 heavy (non-hydrogen) atoms. The van der Waals surface area contributed by atoms with Crippen molar-refractivity contribution in [3.63, 3.8) is 0 Å². The second kappa shape index (κ2) is 4.85. The molecule has 0 unspecified atom stereocenters. The van der Waals surface area contributed by atoms with Gasteiger partial charge in [0.1, 0.15) is 17.5 Å². The molecule has 0 saturated heterocycles. The van der Waals surface area contributed by atoms with Crippen LogP contribution in [0.25, 0.3) is 0 Å². The molecular weight excluding hydrogens is 308 g/mol. The standard InChI is InChI=1S/C11H8BrF2N3O/c12-7-1-2-8(13)6(11(7)14)5-17-10(18)4-3-9(15)16-17/h1-4H,5H2,(H2,15,16).